The molecule has 2 heterocycles. The Balaban J connectivity index is 1.72. The van der Waals surface area contributed by atoms with Gasteiger partial charge in [0.05, 0.1) is 5.52 Å². The molecule has 29 heavy (non-hydrogen) atoms. The number of Topliss-reactive ketones (excluding diaryl/α,β-unsaturated/α-hetero) is 1. The molecule has 0 N–H and O–H groups in total. The van der Waals surface area contributed by atoms with Gasteiger partial charge in [-0.25, -0.2) is 9.78 Å². The molecule has 4 aromatic rings. The van der Waals surface area contributed by atoms with Crippen LogP contribution < -0.4 is 0 Å². The average Bonchev–Trinajstić information content (AvgIpc) is 3.17. The molecule has 0 spiro atoms. The molecule has 144 valence electrons. The third-order valence-corrected chi connectivity index (χ3v) is 5.17. The molecule has 6 heteroatoms. The largest absolute Gasteiger partial charge is 0.444 e. The predicted molar refractivity (Wildman–Crippen MR) is 112 cm³/mol. The number of esters is 1. The normalized spacial score (nSPS) is 11.9. The molecule has 1 atom stereocenters. The summed E-state index contributed by atoms with van der Waals surface area (Å²) < 4.78 is 7.56. The average molecular weight is 402 g/mol. The molecule has 0 amide bonds. The van der Waals surface area contributed by atoms with Crippen LogP contribution in [-0.2, 0) is 4.74 Å². The van der Waals surface area contributed by atoms with Gasteiger partial charge in [-0.2, -0.15) is 0 Å². The topological polar surface area (TPSA) is 60.7 Å². The number of fused-ring (bicyclic) bond motifs is 1. The Morgan fingerprint density at radius 1 is 0.931 bits per heavy atom. The summed E-state index contributed by atoms with van der Waals surface area (Å²) in [5, 5.41) is 0.679. The maximum absolute atomic E-state index is 13.1. The Morgan fingerprint density at radius 3 is 2.28 bits per heavy atom. The van der Waals surface area contributed by atoms with Crippen LogP contribution in [0.25, 0.3) is 5.52 Å². The first kappa shape index (κ1) is 19.0. The second kappa shape index (κ2) is 8.32. The van der Waals surface area contributed by atoms with Crippen molar-refractivity contribution in [1.82, 2.24) is 9.38 Å². The minimum atomic E-state index is -1.05. The number of thioether (sulfide) groups is 1. The van der Waals surface area contributed by atoms with Crippen molar-refractivity contribution in [3.63, 3.8) is 0 Å². The van der Waals surface area contributed by atoms with E-state index in [4.69, 9.17) is 4.74 Å². The highest BCUT2D eigenvalue weighted by Crippen LogP contribution is 2.26. The van der Waals surface area contributed by atoms with Crippen LogP contribution in [0.15, 0.2) is 90.2 Å². The highest BCUT2D eigenvalue weighted by atomic mass is 32.2. The number of aromatic nitrogens is 2. The van der Waals surface area contributed by atoms with E-state index in [2.05, 4.69) is 4.98 Å². The Kier molecular flexibility index (Phi) is 5.44. The Hall–Kier alpha value is -3.38. The zero-order valence-corrected chi connectivity index (χ0v) is 16.5. The fourth-order valence-electron chi connectivity index (χ4n) is 3.12. The van der Waals surface area contributed by atoms with Gasteiger partial charge < -0.3 is 4.74 Å². The summed E-state index contributed by atoms with van der Waals surface area (Å²) in [6.07, 6.45) is 2.68. The molecule has 0 saturated heterocycles. The van der Waals surface area contributed by atoms with Crippen molar-refractivity contribution in [1.29, 1.82) is 0 Å². The Labute approximate surface area is 172 Å². The van der Waals surface area contributed by atoms with Gasteiger partial charge in [-0.1, -0.05) is 78.5 Å². The second-order valence-electron chi connectivity index (χ2n) is 6.33. The van der Waals surface area contributed by atoms with Crippen LogP contribution in [0.1, 0.15) is 32.5 Å². The van der Waals surface area contributed by atoms with Crippen molar-refractivity contribution in [3.05, 3.63) is 102 Å². The van der Waals surface area contributed by atoms with E-state index in [0.717, 1.165) is 0 Å². The van der Waals surface area contributed by atoms with Crippen molar-refractivity contribution in [3.8, 4) is 0 Å². The molecule has 0 radical (unpaired) electrons. The van der Waals surface area contributed by atoms with E-state index < -0.39 is 12.1 Å². The van der Waals surface area contributed by atoms with Crippen molar-refractivity contribution >= 4 is 29.0 Å². The summed E-state index contributed by atoms with van der Waals surface area (Å²) in [6.45, 7) is 0. The van der Waals surface area contributed by atoms with E-state index in [0.29, 0.717) is 21.8 Å². The summed E-state index contributed by atoms with van der Waals surface area (Å²) in [7, 11) is 0. The standard InChI is InChI=1S/C23H18N2O3S/c1-29-23-24-19(18-14-8-9-15-25(18)23)22(27)28-21(17-12-6-3-7-13-17)20(26)16-10-4-2-5-11-16/h2-15,21H,1H3/t21-/m0/s1. The van der Waals surface area contributed by atoms with Gasteiger partial charge in [-0.3, -0.25) is 9.20 Å². The highest BCUT2D eigenvalue weighted by Gasteiger charge is 2.28. The first-order chi connectivity index (χ1) is 14.2. The van der Waals surface area contributed by atoms with E-state index in [1.54, 1.807) is 42.5 Å². The molecule has 0 aliphatic rings. The third-order valence-electron chi connectivity index (χ3n) is 4.52. The minimum Gasteiger partial charge on any atom is -0.444 e. The van der Waals surface area contributed by atoms with Crippen molar-refractivity contribution in [2.45, 2.75) is 11.3 Å². The second-order valence-corrected chi connectivity index (χ2v) is 7.10. The molecule has 4 rings (SSSR count). The molecule has 5 nitrogen and oxygen atoms in total. The Morgan fingerprint density at radius 2 is 1.59 bits per heavy atom. The summed E-state index contributed by atoms with van der Waals surface area (Å²) >= 11 is 1.43. The zero-order chi connectivity index (χ0) is 20.2. The summed E-state index contributed by atoms with van der Waals surface area (Å²) in [6, 6.07) is 23.4. The molecule has 0 aliphatic carbocycles. The summed E-state index contributed by atoms with van der Waals surface area (Å²) in [5.74, 6) is -0.911. The zero-order valence-electron chi connectivity index (χ0n) is 15.7. The number of benzene rings is 2. The lowest BCUT2D eigenvalue weighted by atomic mass is 10.00. The monoisotopic (exact) mass is 402 g/mol. The van der Waals surface area contributed by atoms with Gasteiger partial charge in [0.1, 0.15) is 0 Å². The SMILES string of the molecule is CSc1nc(C(=O)O[C@H](C(=O)c2ccccc2)c2ccccc2)c2ccccn12. The number of carbonyl (C=O) groups excluding carboxylic acids is 2. The maximum atomic E-state index is 13.1. The molecule has 0 bridgehead atoms. The first-order valence-electron chi connectivity index (χ1n) is 9.05. The van der Waals surface area contributed by atoms with Gasteiger partial charge in [0.25, 0.3) is 0 Å². The molecule has 0 saturated carbocycles. The third kappa shape index (κ3) is 3.79. The molecule has 0 fully saturated rings. The van der Waals surface area contributed by atoms with Crippen LogP contribution in [0.5, 0.6) is 0 Å². The number of nitrogens with zero attached hydrogens (tertiary/aromatic N) is 2. The van der Waals surface area contributed by atoms with Gasteiger partial charge in [0, 0.05) is 17.3 Å². The van der Waals surface area contributed by atoms with E-state index in [9.17, 15) is 9.59 Å². The van der Waals surface area contributed by atoms with E-state index in [1.807, 2.05) is 53.3 Å². The molecular weight excluding hydrogens is 384 g/mol. The number of imidazole rings is 1. The molecule has 0 unspecified atom stereocenters. The van der Waals surface area contributed by atoms with Gasteiger partial charge in [0.2, 0.25) is 5.78 Å². The first-order valence-corrected chi connectivity index (χ1v) is 10.3. The lowest BCUT2D eigenvalue weighted by molar-refractivity contribution is 0.0276. The summed E-state index contributed by atoms with van der Waals surface area (Å²) in [5.41, 5.74) is 1.93. The van der Waals surface area contributed by atoms with E-state index in [1.165, 1.54) is 11.8 Å². The number of pyridine rings is 1. The van der Waals surface area contributed by atoms with Gasteiger partial charge >= 0.3 is 5.97 Å². The lowest BCUT2D eigenvalue weighted by Gasteiger charge is -2.17. The number of ether oxygens (including phenoxy) is 1. The van der Waals surface area contributed by atoms with Crippen molar-refractivity contribution < 1.29 is 14.3 Å². The predicted octanol–water partition coefficient (Wildman–Crippen LogP) is 4.84. The van der Waals surface area contributed by atoms with Crippen LogP contribution >= 0.6 is 11.8 Å². The van der Waals surface area contributed by atoms with Crippen LogP contribution in [-0.4, -0.2) is 27.4 Å². The summed E-state index contributed by atoms with van der Waals surface area (Å²) in [4.78, 5) is 30.6. The number of hydrogen-bond acceptors (Lipinski definition) is 5. The fraction of sp³-hybridized carbons (Fsp3) is 0.0870. The maximum Gasteiger partial charge on any atom is 0.360 e. The van der Waals surface area contributed by atoms with Gasteiger partial charge in [-0.05, 0) is 18.4 Å². The molecular formula is C23H18N2O3S. The number of ketones is 1. The van der Waals surface area contributed by atoms with Gasteiger partial charge in [0.15, 0.2) is 17.0 Å². The van der Waals surface area contributed by atoms with Crippen LogP contribution in [0, 0.1) is 0 Å². The Bertz CT molecular complexity index is 1160. The van der Waals surface area contributed by atoms with Crippen LogP contribution in [0.2, 0.25) is 0 Å². The minimum absolute atomic E-state index is 0.191. The number of hydrogen-bond donors (Lipinski definition) is 0. The fourth-order valence-corrected chi connectivity index (χ4v) is 3.66. The van der Waals surface area contributed by atoms with Crippen LogP contribution in [0.3, 0.4) is 0 Å². The van der Waals surface area contributed by atoms with Crippen LogP contribution in [0.4, 0.5) is 0 Å². The number of rotatable bonds is 6. The van der Waals surface area contributed by atoms with Crippen molar-refractivity contribution in [2.75, 3.05) is 6.26 Å². The molecule has 2 aromatic carbocycles. The molecule has 0 aliphatic heterocycles. The number of carbonyl (C=O) groups is 2. The van der Waals surface area contributed by atoms with Gasteiger partial charge in [-0.15, -0.1) is 0 Å². The quantitative estimate of drug-likeness (QED) is 0.262. The van der Waals surface area contributed by atoms with Crippen molar-refractivity contribution in [2.24, 2.45) is 0 Å². The van der Waals surface area contributed by atoms with E-state index >= 15 is 0 Å². The smallest absolute Gasteiger partial charge is 0.360 e. The highest BCUT2D eigenvalue weighted by molar-refractivity contribution is 7.98. The molecule has 2 aromatic heterocycles. The lowest BCUT2D eigenvalue weighted by Crippen LogP contribution is -2.20. The van der Waals surface area contributed by atoms with E-state index in [-0.39, 0.29) is 11.5 Å².